The zero-order valence-electron chi connectivity index (χ0n) is 10.8. The minimum atomic E-state index is -0.362. The van der Waals surface area contributed by atoms with E-state index in [9.17, 15) is 9.18 Å². The van der Waals surface area contributed by atoms with E-state index in [4.69, 9.17) is 4.74 Å². The van der Waals surface area contributed by atoms with Gasteiger partial charge < -0.3 is 15.4 Å². The van der Waals surface area contributed by atoms with Crippen LogP contribution in [-0.2, 0) is 9.53 Å². The van der Waals surface area contributed by atoms with Crippen LogP contribution in [0.3, 0.4) is 0 Å². The molecule has 1 saturated carbocycles. The van der Waals surface area contributed by atoms with Crippen LogP contribution in [0.2, 0.25) is 0 Å². The van der Waals surface area contributed by atoms with E-state index in [0.717, 1.165) is 12.5 Å². The van der Waals surface area contributed by atoms with E-state index in [0.29, 0.717) is 18.8 Å². The maximum absolute atomic E-state index is 12.9. The zero-order valence-corrected chi connectivity index (χ0v) is 10.8. The molecule has 2 N–H and O–H groups in total. The van der Waals surface area contributed by atoms with Crippen molar-refractivity contribution in [1.29, 1.82) is 0 Å². The molecule has 104 valence electrons. The Bertz CT molecular complexity index is 422. The van der Waals surface area contributed by atoms with Crippen molar-refractivity contribution < 1.29 is 13.9 Å². The second-order valence-electron chi connectivity index (χ2n) is 4.75. The van der Waals surface area contributed by atoms with Crippen molar-refractivity contribution in [1.82, 2.24) is 5.32 Å². The first-order valence-electron chi connectivity index (χ1n) is 6.58. The van der Waals surface area contributed by atoms with Gasteiger partial charge in [0.25, 0.3) is 0 Å². The van der Waals surface area contributed by atoms with Crippen LogP contribution in [0.1, 0.15) is 12.8 Å². The molecule has 1 aliphatic rings. The molecule has 1 amide bonds. The number of amides is 1. The number of nitrogens with one attached hydrogen (secondary N) is 2. The van der Waals surface area contributed by atoms with Crippen LogP contribution in [-0.4, -0.2) is 32.2 Å². The second-order valence-corrected chi connectivity index (χ2v) is 4.75. The summed E-state index contributed by atoms with van der Waals surface area (Å²) in [4.78, 5) is 11.5. The summed E-state index contributed by atoms with van der Waals surface area (Å²) in [6.07, 6.45) is 2.56. The number of ether oxygens (including phenoxy) is 1. The smallest absolute Gasteiger partial charge is 0.238 e. The number of anilines is 1. The highest BCUT2D eigenvalue weighted by Crippen LogP contribution is 2.28. The van der Waals surface area contributed by atoms with Gasteiger partial charge in [0, 0.05) is 18.8 Å². The number of hydrogen-bond acceptors (Lipinski definition) is 3. The SMILES string of the molecule is O=C(CNCCOCC1CC1)Nc1cccc(F)c1. The summed E-state index contributed by atoms with van der Waals surface area (Å²) in [7, 11) is 0. The van der Waals surface area contributed by atoms with Crippen LogP contribution in [0.15, 0.2) is 24.3 Å². The van der Waals surface area contributed by atoms with Gasteiger partial charge in [-0.15, -0.1) is 0 Å². The van der Waals surface area contributed by atoms with Crippen LogP contribution >= 0.6 is 0 Å². The molecular weight excluding hydrogens is 247 g/mol. The minimum absolute atomic E-state index is 0.187. The Morgan fingerprint density at radius 2 is 2.26 bits per heavy atom. The normalized spacial score (nSPS) is 14.4. The quantitative estimate of drug-likeness (QED) is 0.705. The molecule has 2 rings (SSSR count). The lowest BCUT2D eigenvalue weighted by Gasteiger charge is -2.07. The number of halogens is 1. The van der Waals surface area contributed by atoms with Crippen molar-refractivity contribution in [3.8, 4) is 0 Å². The molecule has 0 spiro atoms. The van der Waals surface area contributed by atoms with Crippen LogP contribution in [0.4, 0.5) is 10.1 Å². The summed E-state index contributed by atoms with van der Waals surface area (Å²) < 4.78 is 18.3. The fraction of sp³-hybridized carbons (Fsp3) is 0.500. The van der Waals surface area contributed by atoms with Gasteiger partial charge in [-0.3, -0.25) is 4.79 Å². The second kappa shape index (κ2) is 7.21. The molecular formula is C14H19FN2O2. The van der Waals surface area contributed by atoms with Crippen molar-refractivity contribution in [3.63, 3.8) is 0 Å². The van der Waals surface area contributed by atoms with Gasteiger partial charge in [0.15, 0.2) is 0 Å². The van der Waals surface area contributed by atoms with Crippen LogP contribution in [0.5, 0.6) is 0 Å². The number of benzene rings is 1. The maximum atomic E-state index is 12.9. The summed E-state index contributed by atoms with van der Waals surface area (Å²) in [5, 5.41) is 5.60. The molecule has 0 aromatic heterocycles. The highest BCUT2D eigenvalue weighted by Gasteiger charge is 2.20. The molecule has 0 aliphatic heterocycles. The fourth-order valence-corrected chi connectivity index (χ4v) is 1.65. The molecule has 0 bridgehead atoms. The molecule has 1 aromatic rings. The third-order valence-electron chi connectivity index (χ3n) is 2.87. The Hall–Kier alpha value is -1.46. The van der Waals surface area contributed by atoms with Gasteiger partial charge >= 0.3 is 0 Å². The lowest BCUT2D eigenvalue weighted by molar-refractivity contribution is -0.115. The van der Waals surface area contributed by atoms with Gasteiger partial charge in [0.05, 0.1) is 13.2 Å². The average Bonchev–Trinajstić information content (AvgIpc) is 3.17. The number of carbonyl (C=O) groups is 1. The van der Waals surface area contributed by atoms with Gasteiger partial charge in [-0.25, -0.2) is 4.39 Å². The van der Waals surface area contributed by atoms with Crippen molar-refractivity contribution in [2.75, 3.05) is 31.6 Å². The first-order valence-corrected chi connectivity index (χ1v) is 6.58. The van der Waals surface area contributed by atoms with E-state index >= 15 is 0 Å². The van der Waals surface area contributed by atoms with E-state index in [1.165, 1.54) is 25.0 Å². The van der Waals surface area contributed by atoms with E-state index in [2.05, 4.69) is 10.6 Å². The highest BCUT2D eigenvalue weighted by molar-refractivity contribution is 5.92. The van der Waals surface area contributed by atoms with Crippen LogP contribution < -0.4 is 10.6 Å². The third kappa shape index (κ3) is 5.81. The largest absolute Gasteiger partial charge is 0.380 e. The highest BCUT2D eigenvalue weighted by atomic mass is 19.1. The monoisotopic (exact) mass is 266 g/mol. The first-order chi connectivity index (χ1) is 9.24. The van der Waals surface area contributed by atoms with Gasteiger partial charge in [0.2, 0.25) is 5.91 Å². The molecule has 0 saturated heterocycles. The summed E-state index contributed by atoms with van der Waals surface area (Å²) in [6.45, 7) is 2.29. The van der Waals surface area contributed by atoms with E-state index in [-0.39, 0.29) is 18.3 Å². The summed E-state index contributed by atoms with van der Waals surface area (Å²) in [6, 6.07) is 5.84. The van der Waals surface area contributed by atoms with Crippen molar-refractivity contribution in [2.45, 2.75) is 12.8 Å². The van der Waals surface area contributed by atoms with Gasteiger partial charge in [-0.2, -0.15) is 0 Å². The maximum Gasteiger partial charge on any atom is 0.238 e. The van der Waals surface area contributed by atoms with Gasteiger partial charge in [-0.1, -0.05) is 6.07 Å². The van der Waals surface area contributed by atoms with Gasteiger partial charge in [0.1, 0.15) is 5.82 Å². The van der Waals surface area contributed by atoms with Crippen molar-refractivity contribution >= 4 is 11.6 Å². The molecule has 1 aliphatic carbocycles. The Morgan fingerprint density at radius 3 is 3.00 bits per heavy atom. The Labute approximate surface area is 112 Å². The lowest BCUT2D eigenvalue weighted by atomic mass is 10.3. The zero-order chi connectivity index (χ0) is 13.5. The van der Waals surface area contributed by atoms with Crippen LogP contribution in [0, 0.1) is 11.7 Å². The van der Waals surface area contributed by atoms with Gasteiger partial charge in [-0.05, 0) is 37.0 Å². The summed E-state index contributed by atoms with van der Waals surface area (Å²) in [5.41, 5.74) is 0.469. The number of carbonyl (C=O) groups excluding carboxylic acids is 1. The Balaban J connectivity index is 1.53. The predicted octanol–water partition coefficient (Wildman–Crippen LogP) is 1.78. The van der Waals surface area contributed by atoms with Crippen molar-refractivity contribution in [3.05, 3.63) is 30.1 Å². The number of hydrogen-bond donors (Lipinski definition) is 2. The molecule has 1 aromatic carbocycles. The molecule has 0 unspecified atom stereocenters. The molecule has 5 heteroatoms. The predicted molar refractivity (Wildman–Crippen MR) is 71.4 cm³/mol. The first kappa shape index (κ1) is 14.0. The molecule has 4 nitrogen and oxygen atoms in total. The summed E-state index contributed by atoms with van der Waals surface area (Å²) >= 11 is 0. The topological polar surface area (TPSA) is 50.4 Å². The summed E-state index contributed by atoms with van der Waals surface area (Å²) in [5.74, 6) is 0.211. The average molecular weight is 266 g/mol. The third-order valence-corrected chi connectivity index (χ3v) is 2.87. The molecule has 1 fully saturated rings. The van der Waals surface area contributed by atoms with E-state index < -0.39 is 0 Å². The van der Waals surface area contributed by atoms with Crippen LogP contribution in [0.25, 0.3) is 0 Å². The van der Waals surface area contributed by atoms with Crippen molar-refractivity contribution in [2.24, 2.45) is 5.92 Å². The lowest BCUT2D eigenvalue weighted by Crippen LogP contribution is -2.30. The Kier molecular flexibility index (Phi) is 5.30. The molecule has 19 heavy (non-hydrogen) atoms. The standard InChI is InChI=1S/C14H19FN2O2/c15-12-2-1-3-13(8-12)17-14(18)9-16-6-7-19-10-11-4-5-11/h1-3,8,11,16H,4-7,9-10H2,(H,17,18). The molecule has 0 atom stereocenters. The minimum Gasteiger partial charge on any atom is -0.380 e. The number of rotatable bonds is 8. The molecule has 0 radical (unpaired) electrons. The van der Waals surface area contributed by atoms with E-state index in [1.54, 1.807) is 12.1 Å². The Morgan fingerprint density at radius 1 is 1.42 bits per heavy atom. The van der Waals surface area contributed by atoms with E-state index in [1.807, 2.05) is 0 Å². The fourth-order valence-electron chi connectivity index (χ4n) is 1.65. The molecule has 0 heterocycles.